The number of hydrogen-bond acceptors (Lipinski definition) is 3. The highest BCUT2D eigenvalue weighted by Crippen LogP contribution is 2.39. The van der Waals surface area contributed by atoms with Gasteiger partial charge in [0.2, 0.25) is 0 Å². The predicted octanol–water partition coefficient (Wildman–Crippen LogP) is 3.20. The SMILES string of the molecule is CSC1(CNC(=O)c2cc(N)cn2C2CC2)CCCCC1. The molecule has 5 heteroatoms. The summed E-state index contributed by atoms with van der Waals surface area (Å²) in [5, 5.41) is 3.16. The van der Waals surface area contributed by atoms with Gasteiger partial charge in [0, 0.05) is 23.5 Å². The number of aromatic nitrogens is 1. The average molecular weight is 307 g/mol. The van der Waals surface area contributed by atoms with Crippen LogP contribution in [0.15, 0.2) is 12.3 Å². The summed E-state index contributed by atoms with van der Waals surface area (Å²) in [5.74, 6) is 0.0256. The van der Waals surface area contributed by atoms with Gasteiger partial charge in [0.1, 0.15) is 5.69 Å². The molecule has 21 heavy (non-hydrogen) atoms. The molecule has 0 aliphatic heterocycles. The van der Waals surface area contributed by atoms with Crippen LogP contribution in [-0.4, -0.2) is 28.0 Å². The zero-order valence-corrected chi connectivity index (χ0v) is 13.5. The molecular weight excluding hydrogens is 282 g/mol. The number of thioether (sulfide) groups is 1. The highest BCUT2D eigenvalue weighted by molar-refractivity contribution is 8.00. The van der Waals surface area contributed by atoms with Crippen molar-refractivity contribution in [2.75, 3.05) is 18.5 Å². The fraction of sp³-hybridized carbons (Fsp3) is 0.688. The summed E-state index contributed by atoms with van der Waals surface area (Å²) in [7, 11) is 0. The number of nitrogen functional groups attached to an aromatic ring is 1. The second-order valence-corrected chi connectivity index (χ2v) is 7.70. The van der Waals surface area contributed by atoms with E-state index in [9.17, 15) is 4.79 Å². The van der Waals surface area contributed by atoms with Crippen molar-refractivity contribution in [3.63, 3.8) is 0 Å². The monoisotopic (exact) mass is 307 g/mol. The Hall–Kier alpha value is -1.10. The molecule has 0 aromatic carbocycles. The highest BCUT2D eigenvalue weighted by atomic mass is 32.2. The molecule has 2 fully saturated rings. The molecule has 0 radical (unpaired) electrons. The fourth-order valence-corrected chi connectivity index (χ4v) is 4.23. The van der Waals surface area contributed by atoms with Crippen LogP contribution in [0.1, 0.15) is 61.5 Å². The first-order valence-corrected chi connectivity index (χ1v) is 9.17. The van der Waals surface area contributed by atoms with Gasteiger partial charge in [-0.05, 0) is 38.0 Å². The molecular formula is C16H25N3OS. The summed E-state index contributed by atoms with van der Waals surface area (Å²) in [6.45, 7) is 0.767. The Labute approximate surface area is 130 Å². The van der Waals surface area contributed by atoms with Crippen LogP contribution in [0.2, 0.25) is 0 Å². The maximum absolute atomic E-state index is 12.5. The van der Waals surface area contributed by atoms with Gasteiger partial charge in [-0.15, -0.1) is 0 Å². The van der Waals surface area contributed by atoms with Gasteiger partial charge in [-0.3, -0.25) is 4.79 Å². The van der Waals surface area contributed by atoms with Crippen LogP contribution in [0.3, 0.4) is 0 Å². The Morgan fingerprint density at radius 1 is 1.43 bits per heavy atom. The zero-order valence-electron chi connectivity index (χ0n) is 12.7. The van der Waals surface area contributed by atoms with Crippen molar-refractivity contribution in [3.05, 3.63) is 18.0 Å². The first kappa shape index (κ1) is 14.8. The Morgan fingerprint density at radius 2 is 2.14 bits per heavy atom. The van der Waals surface area contributed by atoms with Crippen molar-refractivity contribution < 1.29 is 4.79 Å². The van der Waals surface area contributed by atoms with Crippen LogP contribution in [-0.2, 0) is 0 Å². The molecule has 4 nitrogen and oxygen atoms in total. The zero-order chi connectivity index (χ0) is 14.9. The lowest BCUT2D eigenvalue weighted by Crippen LogP contribution is -2.42. The molecule has 2 aliphatic carbocycles. The van der Waals surface area contributed by atoms with Crippen molar-refractivity contribution in [1.82, 2.24) is 9.88 Å². The summed E-state index contributed by atoms with van der Waals surface area (Å²) in [4.78, 5) is 12.5. The lowest BCUT2D eigenvalue weighted by atomic mass is 9.88. The number of carbonyl (C=O) groups is 1. The number of nitrogens with two attached hydrogens (primary N) is 1. The topological polar surface area (TPSA) is 60.1 Å². The van der Waals surface area contributed by atoms with Gasteiger partial charge in [-0.25, -0.2) is 0 Å². The van der Waals surface area contributed by atoms with Crippen LogP contribution in [0.25, 0.3) is 0 Å². The number of nitrogens with one attached hydrogen (secondary N) is 1. The van der Waals surface area contributed by atoms with E-state index in [-0.39, 0.29) is 10.7 Å². The molecule has 0 saturated heterocycles. The number of carbonyl (C=O) groups excluding carboxylic acids is 1. The molecule has 1 amide bonds. The van der Waals surface area contributed by atoms with E-state index in [4.69, 9.17) is 5.73 Å². The molecule has 3 rings (SSSR count). The van der Waals surface area contributed by atoms with Crippen molar-refractivity contribution >= 4 is 23.4 Å². The minimum absolute atomic E-state index is 0.0256. The fourth-order valence-electron chi connectivity index (χ4n) is 3.32. The summed E-state index contributed by atoms with van der Waals surface area (Å²) < 4.78 is 2.29. The smallest absolute Gasteiger partial charge is 0.268 e. The van der Waals surface area contributed by atoms with Crippen molar-refractivity contribution in [2.45, 2.75) is 55.7 Å². The average Bonchev–Trinajstić information content (AvgIpc) is 3.28. The third kappa shape index (κ3) is 3.23. The Morgan fingerprint density at radius 3 is 2.76 bits per heavy atom. The Bertz CT molecular complexity index is 516. The largest absolute Gasteiger partial charge is 0.397 e. The molecule has 2 aliphatic rings. The third-order valence-corrected chi connectivity index (χ3v) is 6.23. The Balaban J connectivity index is 1.66. The third-order valence-electron chi connectivity index (χ3n) is 4.81. The summed E-state index contributed by atoms with van der Waals surface area (Å²) in [6.07, 6.45) is 12.7. The number of nitrogens with zero attached hydrogens (tertiary/aromatic N) is 1. The number of rotatable bonds is 5. The summed E-state index contributed by atoms with van der Waals surface area (Å²) in [6, 6.07) is 2.28. The van der Waals surface area contributed by atoms with Gasteiger partial charge in [0.15, 0.2) is 0 Å². The van der Waals surface area contributed by atoms with E-state index in [0.29, 0.717) is 11.7 Å². The van der Waals surface area contributed by atoms with Crippen LogP contribution < -0.4 is 11.1 Å². The molecule has 116 valence electrons. The molecule has 0 bridgehead atoms. The first-order valence-electron chi connectivity index (χ1n) is 7.94. The molecule has 0 unspecified atom stereocenters. The van der Waals surface area contributed by atoms with E-state index < -0.39 is 0 Å². The molecule has 0 spiro atoms. The highest BCUT2D eigenvalue weighted by Gasteiger charge is 2.32. The van der Waals surface area contributed by atoms with Gasteiger partial charge in [0.05, 0.1) is 5.69 Å². The normalized spacial score (nSPS) is 21.2. The lowest BCUT2D eigenvalue weighted by molar-refractivity contribution is 0.0937. The van der Waals surface area contributed by atoms with Gasteiger partial charge >= 0.3 is 0 Å². The van der Waals surface area contributed by atoms with Crippen molar-refractivity contribution in [3.8, 4) is 0 Å². The molecule has 1 aromatic rings. The number of amides is 1. The van der Waals surface area contributed by atoms with E-state index >= 15 is 0 Å². The molecule has 1 heterocycles. The second kappa shape index (κ2) is 5.95. The predicted molar refractivity (Wildman–Crippen MR) is 88.8 cm³/mol. The quantitative estimate of drug-likeness (QED) is 0.878. The summed E-state index contributed by atoms with van der Waals surface area (Å²) >= 11 is 1.91. The van der Waals surface area contributed by atoms with Crippen LogP contribution in [0, 0.1) is 0 Å². The number of hydrogen-bond donors (Lipinski definition) is 2. The maximum atomic E-state index is 12.5. The maximum Gasteiger partial charge on any atom is 0.268 e. The van der Waals surface area contributed by atoms with Gasteiger partial charge in [0.25, 0.3) is 5.91 Å². The summed E-state index contributed by atoms with van der Waals surface area (Å²) in [5.41, 5.74) is 7.28. The first-order chi connectivity index (χ1) is 10.1. The molecule has 0 atom stereocenters. The van der Waals surface area contributed by atoms with Gasteiger partial charge in [-0.1, -0.05) is 19.3 Å². The van der Waals surface area contributed by atoms with E-state index in [0.717, 1.165) is 25.1 Å². The lowest BCUT2D eigenvalue weighted by Gasteiger charge is -2.35. The molecule has 3 N–H and O–H groups in total. The van der Waals surface area contributed by atoms with Crippen molar-refractivity contribution in [2.24, 2.45) is 0 Å². The van der Waals surface area contributed by atoms with E-state index in [1.165, 1.54) is 32.1 Å². The second-order valence-electron chi connectivity index (χ2n) is 6.43. The minimum Gasteiger partial charge on any atom is -0.397 e. The van der Waals surface area contributed by atoms with Gasteiger partial charge < -0.3 is 15.6 Å². The molecule has 1 aromatic heterocycles. The molecule has 2 saturated carbocycles. The van der Waals surface area contributed by atoms with E-state index in [1.54, 1.807) is 6.07 Å². The Kier molecular flexibility index (Phi) is 4.20. The van der Waals surface area contributed by atoms with Crippen molar-refractivity contribution in [1.29, 1.82) is 0 Å². The van der Waals surface area contributed by atoms with Crippen LogP contribution in [0.4, 0.5) is 5.69 Å². The van der Waals surface area contributed by atoms with Gasteiger partial charge in [-0.2, -0.15) is 11.8 Å². The van der Waals surface area contributed by atoms with Crippen LogP contribution in [0.5, 0.6) is 0 Å². The van der Waals surface area contributed by atoms with E-state index in [2.05, 4.69) is 16.1 Å². The van der Waals surface area contributed by atoms with Crippen LogP contribution >= 0.6 is 11.8 Å². The van der Waals surface area contributed by atoms with E-state index in [1.807, 2.05) is 18.0 Å². The minimum atomic E-state index is 0.0256. The standard InChI is InChI=1S/C16H25N3OS/c1-21-16(7-3-2-4-8-16)11-18-15(20)14-9-12(17)10-19(14)13-5-6-13/h9-10,13H,2-8,11,17H2,1H3,(H,18,20). The number of anilines is 1.